The molecule has 1 rings (SSSR count). The monoisotopic (exact) mass is 202 g/mol. The maximum absolute atomic E-state index is 10.5. The van der Waals surface area contributed by atoms with Gasteiger partial charge in [-0.3, -0.25) is 5.73 Å². The van der Waals surface area contributed by atoms with Crippen molar-refractivity contribution in [3.8, 4) is 0 Å². The van der Waals surface area contributed by atoms with Gasteiger partial charge in [0.05, 0.1) is 6.20 Å². The molecular formula is C5H5BrN3O+. The van der Waals surface area contributed by atoms with Crippen LogP contribution in [0.5, 0.6) is 0 Å². The van der Waals surface area contributed by atoms with Crippen LogP contribution in [-0.4, -0.2) is 11.0 Å². The van der Waals surface area contributed by atoms with E-state index in [1.54, 1.807) is 0 Å². The zero-order valence-electron chi connectivity index (χ0n) is 4.99. The number of rotatable bonds is 0. The van der Waals surface area contributed by atoms with Gasteiger partial charge >= 0.3 is 6.03 Å². The SMILES string of the molecule is NC(=O)[n+]1ccnc(Br)c1. The standard InChI is InChI=1S/C5H4BrN3O/c6-4-3-9(5(7)10)2-1-8-4/h1-3H,(H-,7,10)/p+1. The van der Waals surface area contributed by atoms with Crippen molar-refractivity contribution >= 4 is 22.0 Å². The minimum atomic E-state index is -0.525. The van der Waals surface area contributed by atoms with Gasteiger partial charge in [-0.15, -0.1) is 0 Å². The Balaban J connectivity index is 3.07. The van der Waals surface area contributed by atoms with Gasteiger partial charge in [0, 0.05) is 0 Å². The molecule has 0 fully saturated rings. The summed E-state index contributed by atoms with van der Waals surface area (Å²) in [5.41, 5.74) is 4.96. The van der Waals surface area contributed by atoms with Crippen molar-refractivity contribution in [3.05, 3.63) is 23.2 Å². The van der Waals surface area contributed by atoms with Crippen molar-refractivity contribution < 1.29 is 9.36 Å². The summed E-state index contributed by atoms with van der Waals surface area (Å²) in [5.74, 6) is 0. The van der Waals surface area contributed by atoms with Crippen LogP contribution in [0.4, 0.5) is 4.79 Å². The molecule has 2 N–H and O–H groups in total. The molecule has 10 heavy (non-hydrogen) atoms. The Kier molecular flexibility index (Phi) is 1.96. The molecule has 4 nitrogen and oxygen atoms in total. The van der Waals surface area contributed by atoms with Crippen LogP contribution in [0.2, 0.25) is 0 Å². The second-order valence-electron chi connectivity index (χ2n) is 1.62. The fraction of sp³-hybridized carbons (Fsp3) is 0. The largest absolute Gasteiger partial charge is 0.493 e. The molecule has 0 unspecified atom stereocenters. The maximum atomic E-state index is 10.5. The Morgan fingerprint density at radius 2 is 2.50 bits per heavy atom. The van der Waals surface area contributed by atoms with Crippen LogP contribution in [0.3, 0.4) is 0 Å². The number of carbonyl (C=O) groups excluding carboxylic acids is 1. The van der Waals surface area contributed by atoms with E-state index in [9.17, 15) is 4.79 Å². The van der Waals surface area contributed by atoms with Crippen molar-refractivity contribution in [1.82, 2.24) is 4.98 Å². The summed E-state index contributed by atoms with van der Waals surface area (Å²) in [4.78, 5) is 14.3. The van der Waals surface area contributed by atoms with Gasteiger partial charge in [-0.2, -0.15) is 9.36 Å². The van der Waals surface area contributed by atoms with Gasteiger partial charge in [-0.1, -0.05) is 0 Å². The molecule has 0 atom stereocenters. The van der Waals surface area contributed by atoms with Gasteiger partial charge in [0.2, 0.25) is 0 Å². The first-order valence-electron chi connectivity index (χ1n) is 2.53. The zero-order valence-corrected chi connectivity index (χ0v) is 6.58. The summed E-state index contributed by atoms with van der Waals surface area (Å²) in [5, 5.41) is 0. The number of primary amides is 1. The summed E-state index contributed by atoms with van der Waals surface area (Å²) in [6, 6.07) is -0.525. The third-order valence-corrected chi connectivity index (χ3v) is 1.33. The third kappa shape index (κ3) is 1.51. The topological polar surface area (TPSA) is 59.9 Å². The van der Waals surface area contributed by atoms with E-state index in [-0.39, 0.29) is 0 Å². The smallest absolute Gasteiger partial charge is 0.250 e. The highest BCUT2D eigenvalue weighted by molar-refractivity contribution is 9.10. The molecular weight excluding hydrogens is 198 g/mol. The average molecular weight is 203 g/mol. The minimum absolute atomic E-state index is 0.525. The second kappa shape index (κ2) is 2.74. The summed E-state index contributed by atoms with van der Waals surface area (Å²) in [6.45, 7) is 0. The van der Waals surface area contributed by atoms with E-state index in [0.29, 0.717) is 4.60 Å². The quantitative estimate of drug-likeness (QED) is 0.606. The van der Waals surface area contributed by atoms with Gasteiger partial charge in [0.25, 0.3) is 0 Å². The molecule has 0 aliphatic carbocycles. The summed E-state index contributed by atoms with van der Waals surface area (Å²) < 4.78 is 1.81. The Morgan fingerprint density at radius 1 is 1.80 bits per heavy atom. The van der Waals surface area contributed by atoms with E-state index in [2.05, 4.69) is 20.9 Å². The van der Waals surface area contributed by atoms with E-state index >= 15 is 0 Å². The van der Waals surface area contributed by atoms with Crippen molar-refractivity contribution in [1.29, 1.82) is 0 Å². The Labute approximate surface area is 65.8 Å². The van der Waals surface area contributed by atoms with E-state index in [1.807, 2.05) is 0 Å². The molecule has 5 heteroatoms. The summed E-state index contributed by atoms with van der Waals surface area (Å²) in [6.07, 6.45) is 4.45. The minimum Gasteiger partial charge on any atom is -0.250 e. The van der Waals surface area contributed by atoms with Crippen molar-refractivity contribution in [2.24, 2.45) is 5.73 Å². The Hall–Kier alpha value is -0.970. The first-order valence-corrected chi connectivity index (χ1v) is 3.32. The first kappa shape index (κ1) is 7.14. The van der Waals surface area contributed by atoms with E-state index in [0.717, 1.165) is 0 Å². The second-order valence-corrected chi connectivity index (χ2v) is 2.44. The lowest BCUT2D eigenvalue weighted by atomic mass is 10.7. The number of hydrogen-bond acceptors (Lipinski definition) is 2. The molecule has 0 aliphatic heterocycles. The summed E-state index contributed by atoms with van der Waals surface area (Å²) in [7, 11) is 0. The van der Waals surface area contributed by atoms with Crippen LogP contribution in [0.25, 0.3) is 0 Å². The lowest BCUT2D eigenvalue weighted by molar-refractivity contribution is -0.571. The molecule has 1 heterocycles. The molecule has 52 valence electrons. The highest BCUT2D eigenvalue weighted by Gasteiger charge is 2.04. The number of halogens is 1. The summed E-state index contributed by atoms with van der Waals surface area (Å²) >= 11 is 3.09. The van der Waals surface area contributed by atoms with Crippen LogP contribution in [0, 0.1) is 0 Å². The lowest BCUT2D eigenvalue weighted by Gasteiger charge is -1.89. The number of nitrogens with two attached hydrogens (primary N) is 1. The van der Waals surface area contributed by atoms with Crippen molar-refractivity contribution in [2.45, 2.75) is 0 Å². The average Bonchev–Trinajstić information content (AvgIpc) is 1.88. The van der Waals surface area contributed by atoms with E-state index < -0.39 is 6.03 Å². The molecule has 0 spiro atoms. The number of amides is 1. The molecule has 0 bridgehead atoms. The number of carbonyl (C=O) groups is 1. The van der Waals surface area contributed by atoms with Gasteiger partial charge in [0.15, 0.2) is 0 Å². The predicted molar refractivity (Wildman–Crippen MR) is 37.1 cm³/mol. The van der Waals surface area contributed by atoms with Crippen LogP contribution in [-0.2, 0) is 0 Å². The van der Waals surface area contributed by atoms with Crippen LogP contribution in [0.15, 0.2) is 23.2 Å². The Bertz CT molecular complexity index is 263. The van der Waals surface area contributed by atoms with Gasteiger partial charge in [0.1, 0.15) is 17.0 Å². The van der Waals surface area contributed by atoms with E-state index in [4.69, 9.17) is 5.73 Å². The first-order chi connectivity index (χ1) is 4.70. The van der Waals surface area contributed by atoms with Gasteiger partial charge < -0.3 is 0 Å². The fourth-order valence-electron chi connectivity index (χ4n) is 0.505. The van der Waals surface area contributed by atoms with Crippen molar-refractivity contribution in [3.63, 3.8) is 0 Å². The molecule has 1 amide bonds. The van der Waals surface area contributed by atoms with Crippen LogP contribution < -0.4 is 10.3 Å². The predicted octanol–water partition coefficient (Wildman–Crippen LogP) is 0.0584. The van der Waals surface area contributed by atoms with Crippen molar-refractivity contribution in [2.75, 3.05) is 0 Å². The zero-order chi connectivity index (χ0) is 7.56. The number of hydrogen-bond donors (Lipinski definition) is 1. The normalized spacial score (nSPS) is 9.30. The number of aromatic nitrogens is 2. The molecule has 0 aliphatic rings. The highest BCUT2D eigenvalue weighted by Crippen LogP contribution is 1.97. The Morgan fingerprint density at radius 3 is 2.90 bits per heavy atom. The molecule has 0 saturated carbocycles. The van der Waals surface area contributed by atoms with Gasteiger partial charge in [-0.25, -0.2) is 4.98 Å². The maximum Gasteiger partial charge on any atom is 0.493 e. The molecule has 0 radical (unpaired) electrons. The molecule has 0 saturated heterocycles. The third-order valence-electron chi connectivity index (χ3n) is 0.925. The van der Waals surface area contributed by atoms with Gasteiger partial charge in [-0.05, 0) is 15.9 Å². The number of nitrogens with zero attached hydrogens (tertiary/aromatic N) is 2. The molecule has 0 aromatic carbocycles. The van der Waals surface area contributed by atoms with Crippen LogP contribution >= 0.6 is 15.9 Å². The van der Waals surface area contributed by atoms with E-state index in [1.165, 1.54) is 23.2 Å². The molecule has 1 aromatic heterocycles. The fourth-order valence-corrected chi connectivity index (χ4v) is 0.843. The highest BCUT2D eigenvalue weighted by atomic mass is 79.9. The lowest BCUT2D eigenvalue weighted by Crippen LogP contribution is -2.46. The molecule has 1 aromatic rings. The van der Waals surface area contributed by atoms with Crippen LogP contribution in [0.1, 0.15) is 0 Å².